The van der Waals surface area contributed by atoms with E-state index in [4.69, 9.17) is 4.74 Å². The standard InChI is InChI=1S/C22H23IN2O4/c1-14(2)17-12-16(23)8-9-18(17)24-21(27)19-10-11-20(26)25(19)22(28)29-13-15-6-4-3-5-7-15/h3-9,12,14,19H,10-11,13H2,1-2H3,(H,24,27)/t19-/m0/s1. The Morgan fingerprint density at radius 3 is 2.62 bits per heavy atom. The molecule has 0 spiro atoms. The van der Waals surface area contributed by atoms with E-state index in [-0.39, 0.29) is 31.3 Å². The van der Waals surface area contributed by atoms with Crippen LogP contribution in [0.4, 0.5) is 10.5 Å². The number of anilines is 1. The first-order chi connectivity index (χ1) is 13.9. The average Bonchev–Trinajstić information content (AvgIpc) is 3.09. The highest BCUT2D eigenvalue weighted by Gasteiger charge is 2.41. The number of carbonyl (C=O) groups is 3. The number of nitrogens with zero attached hydrogens (tertiary/aromatic N) is 1. The number of carbonyl (C=O) groups excluding carboxylic acids is 3. The molecule has 6 nitrogen and oxygen atoms in total. The zero-order chi connectivity index (χ0) is 21.0. The molecular weight excluding hydrogens is 483 g/mol. The summed E-state index contributed by atoms with van der Waals surface area (Å²) in [4.78, 5) is 38.6. The zero-order valence-electron chi connectivity index (χ0n) is 16.4. The highest BCUT2D eigenvalue weighted by Crippen LogP contribution is 2.28. The topological polar surface area (TPSA) is 75.7 Å². The Hall–Kier alpha value is -2.42. The lowest BCUT2D eigenvalue weighted by Gasteiger charge is -2.23. The van der Waals surface area contributed by atoms with Gasteiger partial charge in [0, 0.05) is 15.7 Å². The number of hydrogen-bond acceptors (Lipinski definition) is 4. The van der Waals surface area contributed by atoms with E-state index in [0.29, 0.717) is 5.69 Å². The molecule has 1 aliphatic rings. The first-order valence-electron chi connectivity index (χ1n) is 9.50. The van der Waals surface area contributed by atoms with Gasteiger partial charge in [-0.3, -0.25) is 9.59 Å². The molecule has 29 heavy (non-hydrogen) atoms. The molecule has 1 saturated heterocycles. The Labute approximate surface area is 183 Å². The van der Waals surface area contributed by atoms with Gasteiger partial charge < -0.3 is 10.1 Å². The van der Waals surface area contributed by atoms with Gasteiger partial charge in [0.05, 0.1) is 0 Å². The maximum absolute atomic E-state index is 12.9. The molecule has 0 bridgehead atoms. The molecule has 3 rings (SSSR count). The molecule has 3 amide bonds. The normalized spacial score (nSPS) is 16.2. The molecule has 1 N–H and O–H groups in total. The third kappa shape index (κ3) is 5.14. The molecule has 0 unspecified atom stereocenters. The highest BCUT2D eigenvalue weighted by atomic mass is 127. The zero-order valence-corrected chi connectivity index (χ0v) is 18.5. The maximum Gasteiger partial charge on any atom is 0.417 e. The van der Waals surface area contributed by atoms with E-state index in [1.165, 1.54) is 0 Å². The Bertz CT molecular complexity index is 914. The van der Waals surface area contributed by atoms with Crippen LogP contribution in [0, 0.1) is 3.57 Å². The predicted molar refractivity (Wildman–Crippen MR) is 118 cm³/mol. The molecule has 2 aromatic carbocycles. The van der Waals surface area contributed by atoms with Crippen LogP contribution in [-0.4, -0.2) is 28.8 Å². The van der Waals surface area contributed by atoms with Crippen molar-refractivity contribution >= 4 is 46.2 Å². The van der Waals surface area contributed by atoms with Gasteiger partial charge in [-0.05, 0) is 64.3 Å². The van der Waals surface area contributed by atoms with Crippen LogP contribution in [-0.2, 0) is 20.9 Å². The van der Waals surface area contributed by atoms with Crippen molar-refractivity contribution in [2.24, 2.45) is 0 Å². The fourth-order valence-electron chi connectivity index (χ4n) is 3.29. The highest BCUT2D eigenvalue weighted by molar-refractivity contribution is 14.1. The fraction of sp³-hybridized carbons (Fsp3) is 0.318. The summed E-state index contributed by atoms with van der Waals surface area (Å²) in [6, 6.07) is 14.1. The quantitative estimate of drug-likeness (QED) is 0.598. The van der Waals surface area contributed by atoms with Crippen molar-refractivity contribution in [3.8, 4) is 0 Å². The second-order valence-electron chi connectivity index (χ2n) is 7.23. The van der Waals surface area contributed by atoms with Crippen molar-refractivity contribution < 1.29 is 19.1 Å². The number of benzene rings is 2. The number of halogens is 1. The first-order valence-corrected chi connectivity index (χ1v) is 10.6. The van der Waals surface area contributed by atoms with Gasteiger partial charge in [0.25, 0.3) is 0 Å². The van der Waals surface area contributed by atoms with Crippen molar-refractivity contribution in [1.82, 2.24) is 4.90 Å². The number of imide groups is 1. The van der Waals surface area contributed by atoms with Gasteiger partial charge in [0.1, 0.15) is 12.6 Å². The SMILES string of the molecule is CC(C)c1cc(I)ccc1NC(=O)[C@@H]1CCC(=O)N1C(=O)OCc1ccccc1. The molecule has 152 valence electrons. The monoisotopic (exact) mass is 506 g/mol. The van der Waals surface area contributed by atoms with E-state index in [1.807, 2.05) is 62.4 Å². The molecule has 1 atom stereocenters. The van der Waals surface area contributed by atoms with Gasteiger partial charge in [-0.25, -0.2) is 9.69 Å². The molecule has 1 aliphatic heterocycles. The van der Waals surface area contributed by atoms with E-state index in [9.17, 15) is 14.4 Å². The molecule has 0 radical (unpaired) electrons. The Morgan fingerprint density at radius 1 is 1.21 bits per heavy atom. The molecule has 1 heterocycles. The number of hydrogen-bond donors (Lipinski definition) is 1. The van der Waals surface area contributed by atoms with Crippen molar-refractivity contribution in [3.63, 3.8) is 0 Å². The number of rotatable bonds is 5. The summed E-state index contributed by atoms with van der Waals surface area (Å²) in [5.74, 6) is -0.553. The fourth-order valence-corrected chi connectivity index (χ4v) is 3.81. The number of ether oxygens (including phenoxy) is 1. The van der Waals surface area contributed by atoms with Crippen LogP contribution in [0.3, 0.4) is 0 Å². The van der Waals surface area contributed by atoms with Crippen LogP contribution < -0.4 is 5.32 Å². The molecule has 0 aliphatic carbocycles. The van der Waals surface area contributed by atoms with Gasteiger partial charge in [0.2, 0.25) is 11.8 Å². The van der Waals surface area contributed by atoms with E-state index >= 15 is 0 Å². The number of amides is 3. The maximum atomic E-state index is 12.9. The minimum Gasteiger partial charge on any atom is -0.444 e. The summed E-state index contributed by atoms with van der Waals surface area (Å²) in [6.45, 7) is 4.15. The molecule has 0 aromatic heterocycles. The summed E-state index contributed by atoms with van der Waals surface area (Å²) in [5.41, 5.74) is 2.52. The van der Waals surface area contributed by atoms with Gasteiger partial charge in [-0.1, -0.05) is 44.2 Å². The molecule has 2 aromatic rings. The molecular formula is C22H23IN2O4. The lowest BCUT2D eigenvalue weighted by molar-refractivity contribution is -0.131. The van der Waals surface area contributed by atoms with Crippen LogP contribution in [0.25, 0.3) is 0 Å². The van der Waals surface area contributed by atoms with Crippen LogP contribution in [0.2, 0.25) is 0 Å². The summed E-state index contributed by atoms with van der Waals surface area (Å²) < 4.78 is 6.35. The summed E-state index contributed by atoms with van der Waals surface area (Å²) >= 11 is 2.23. The lowest BCUT2D eigenvalue weighted by Crippen LogP contribution is -2.45. The average molecular weight is 506 g/mol. The summed E-state index contributed by atoms with van der Waals surface area (Å²) in [7, 11) is 0. The van der Waals surface area contributed by atoms with Gasteiger partial charge >= 0.3 is 6.09 Å². The van der Waals surface area contributed by atoms with E-state index < -0.39 is 18.0 Å². The van der Waals surface area contributed by atoms with Crippen LogP contribution >= 0.6 is 22.6 Å². The van der Waals surface area contributed by atoms with E-state index in [2.05, 4.69) is 27.9 Å². The number of nitrogens with one attached hydrogen (secondary N) is 1. The second kappa shape index (κ2) is 9.39. The van der Waals surface area contributed by atoms with Crippen LogP contribution in [0.5, 0.6) is 0 Å². The van der Waals surface area contributed by atoms with Crippen molar-refractivity contribution in [3.05, 3.63) is 63.2 Å². The van der Waals surface area contributed by atoms with Gasteiger partial charge in [-0.2, -0.15) is 0 Å². The summed E-state index contributed by atoms with van der Waals surface area (Å²) in [6.07, 6.45) is -0.363. The van der Waals surface area contributed by atoms with Crippen LogP contribution in [0.1, 0.15) is 43.7 Å². The minimum atomic E-state index is -0.870. The number of likely N-dealkylation sites (tertiary alicyclic amines) is 1. The Kier molecular flexibility index (Phi) is 6.89. The molecule has 1 fully saturated rings. The third-order valence-corrected chi connectivity index (χ3v) is 5.48. The third-order valence-electron chi connectivity index (χ3n) is 4.81. The van der Waals surface area contributed by atoms with E-state index in [1.54, 1.807) is 0 Å². The van der Waals surface area contributed by atoms with Crippen molar-refractivity contribution in [2.75, 3.05) is 5.32 Å². The predicted octanol–water partition coefficient (Wildman–Crippen LogP) is 4.68. The Balaban J connectivity index is 1.71. The second-order valence-corrected chi connectivity index (χ2v) is 8.48. The van der Waals surface area contributed by atoms with Gasteiger partial charge in [-0.15, -0.1) is 0 Å². The smallest absolute Gasteiger partial charge is 0.417 e. The lowest BCUT2D eigenvalue weighted by atomic mass is 10.0. The Morgan fingerprint density at radius 2 is 1.93 bits per heavy atom. The van der Waals surface area contributed by atoms with Crippen molar-refractivity contribution in [2.45, 2.75) is 45.3 Å². The van der Waals surface area contributed by atoms with Crippen molar-refractivity contribution in [1.29, 1.82) is 0 Å². The van der Waals surface area contributed by atoms with Crippen LogP contribution in [0.15, 0.2) is 48.5 Å². The largest absolute Gasteiger partial charge is 0.444 e. The van der Waals surface area contributed by atoms with Gasteiger partial charge in [0.15, 0.2) is 0 Å². The molecule has 0 saturated carbocycles. The van der Waals surface area contributed by atoms with E-state index in [0.717, 1.165) is 19.6 Å². The first kappa shape index (κ1) is 21.3. The molecule has 7 heteroatoms. The minimum absolute atomic E-state index is 0.0480. The summed E-state index contributed by atoms with van der Waals surface area (Å²) in [5, 5.41) is 2.90.